The molecule has 1 N–H and O–H groups in total. The molecular formula is C20H27N3OS. The maximum absolute atomic E-state index is 12.4. The minimum atomic E-state index is -0.00843. The molecule has 0 bridgehead atoms. The van der Waals surface area contributed by atoms with E-state index in [2.05, 4.69) is 22.1 Å². The zero-order chi connectivity index (χ0) is 17.5. The maximum atomic E-state index is 12.4. The van der Waals surface area contributed by atoms with Crippen LogP contribution in [0, 0.1) is 0 Å². The van der Waals surface area contributed by atoms with Gasteiger partial charge in [0.15, 0.2) is 0 Å². The molecule has 0 unspecified atom stereocenters. The van der Waals surface area contributed by atoms with E-state index in [0.717, 1.165) is 36.1 Å². The Balaban J connectivity index is 1.47. The lowest BCUT2D eigenvalue weighted by molar-refractivity contribution is 0.0947. The molecule has 3 rings (SSSR count). The maximum Gasteiger partial charge on any atom is 0.251 e. The van der Waals surface area contributed by atoms with E-state index in [1.165, 1.54) is 32.2 Å². The first kappa shape index (κ1) is 18.1. The van der Waals surface area contributed by atoms with Gasteiger partial charge < -0.3 is 10.2 Å². The summed E-state index contributed by atoms with van der Waals surface area (Å²) in [6, 6.07) is 8.41. The summed E-state index contributed by atoms with van der Waals surface area (Å²) in [4.78, 5) is 20.4. The van der Waals surface area contributed by atoms with Crippen LogP contribution < -0.4 is 5.32 Å². The highest BCUT2D eigenvalue weighted by Gasteiger charge is 2.19. The number of rotatable bonds is 7. The van der Waals surface area contributed by atoms with Gasteiger partial charge in [0.1, 0.15) is 0 Å². The van der Waals surface area contributed by atoms with Crippen LogP contribution in [0.3, 0.4) is 0 Å². The Kier molecular flexibility index (Phi) is 6.59. The van der Waals surface area contributed by atoms with Crippen molar-refractivity contribution in [2.75, 3.05) is 19.6 Å². The smallest absolute Gasteiger partial charge is 0.251 e. The van der Waals surface area contributed by atoms with Crippen molar-refractivity contribution in [3.63, 3.8) is 0 Å². The van der Waals surface area contributed by atoms with Gasteiger partial charge in [-0.2, -0.15) is 0 Å². The minimum Gasteiger partial charge on any atom is -0.352 e. The largest absolute Gasteiger partial charge is 0.352 e. The Morgan fingerprint density at radius 3 is 3.12 bits per heavy atom. The van der Waals surface area contributed by atoms with Crippen molar-refractivity contribution in [3.05, 3.63) is 41.4 Å². The number of carbonyl (C=O) groups is 1. The molecule has 0 saturated carbocycles. The third kappa shape index (κ3) is 4.89. The lowest BCUT2D eigenvalue weighted by atomic mass is 10.00. The molecule has 1 fully saturated rings. The summed E-state index contributed by atoms with van der Waals surface area (Å²) in [5.41, 5.74) is 1.55. The molecule has 0 aliphatic carbocycles. The van der Waals surface area contributed by atoms with Gasteiger partial charge in [0.25, 0.3) is 5.91 Å². The van der Waals surface area contributed by atoms with Crippen LogP contribution in [-0.2, 0) is 0 Å². The molecule has 25 heavy (non-hydrogen) atoms. The second kappa shape index (κ2) is 9.11. The first-order valence-electron chi connectivity index (χ1n) is 9.30. The molecule has 5 heteroatoms. The fraction of sp³-hybridized carbons (Fsp3) is 0.500. The van der Waals surface area contributed by atoms with Crippen molar-refractivity contribution >= 4 is 17.2 Å². The van der Waals surface area contributed by atoms with E-state index in [4.69, 9.17) is 0 Å². The average Bonchev–Trinajstić information content (AvgIpc) is 3.20. The summed E-state index contributed by atoms with van der Waals surface area (Å²) in [5.74, 6) is -0.00843. The molecule has 1 atom stereocenters. The van der Waals surface area contributed by atoms with Crippen molar-refractivity contribution in [2.45, 2.75) is 45.1 Å². The van der Waals surface area contributed by atoms with Gasteiger partial charge in [-0.05, 0) is 55.8 Å². The number of nitrogens with one attached hydrogen (secondary N) is 1. The molecule has 2 aromatic heterocycles. The van der Waals surface area contributed by atoms with Gasteiger partial charge in [-0.25, -0.2) is 0 Å². The Bertz CT molecular complexity index is 671. The van der Waals surface area contributed by atoms with E-state index < -0.39 is 0 Å². The Hall–Kier alpha value is -1.72. The van der Waals surface area contributed by atoms with Crippen molar-refractivity contribution < 1.29 is 4.79 Å². The SMILES string of the molecule is CC[C@@H]1CCCCN1CCCNC(=O)c1ccnc(-c2cccs2)c1. The van der Waals surface area contributed by atoms with Crippen LogP contribution in [0.15, 0.2) is 35.8 Å². The molecule has 134 valence electrons. The van der Waals surface area contributed by atoms with E-state index in [-0.39, 0.29) is 5.91 Å². The van der Waals surface area contributed by atoms with Crippen LogP contribution in [0.25, 0.3) is 10.6 Å². The van der Waals surface area contributed by atoms with Gasteiger partial charge in [-0.1, -0.05) is 19.4 Å². The number of pyridine rings is 1. The third-order valence-corrected chi connectivity index (χ3v) is 5.82. The van der Waals surface area contributed by atoms with Crippen molar-refractivity contribution in [1.82, 2.24) is 15.2 Å². The summed E-state index contributed by atoms with van der Waals surface area (Å²) in [5, 5.41) is 5.08. The summed E-state index contributed by atoms with van der Waals surface area (Å²) >= 11 is 1.64. The molecule has 1 aliphatic rings. The summed E-state index contributed by atoms with van der Waals surface area (Å²) < 4.78 is 0. The van der Waals surface area contributed by atoms with Crippen LogP contribution in [0.1, 0.15) is 49.4 Å². The second-order valence-corrected chi connectivity index (χ2v) is 7.56. The fourth-order valence-electron chi connectivity index (χ4n) is 3.53. The highest BCUT2D eigenvalue weighted by Crippen LogP contribution is 2.23. The lowest BCUT2D eigenvalue weighted by Gasteiger charge is -2.35. The second-order valence-electron chi connectivity index (χ2n) is 6.61. The monoisotopic (exact) mass is 357 g/mol. The molecule has 3 heterocycles. The summed E-state index contributed by atoms with van der Waals surface area (Å²) in [6.07, 6.45) is 7.95. The predicted octanol–water partition coefficient (Wildman–Crippen LogP) is 4.19. The zero-order valence-electron chi connectivity index (χ0n) is 14.9. The van der Waals surface area contributed by atoms with Crippen molar-refractivity contribution in [2.24, 2.45) is 0 Å². The van der Waals surface area contributed by atoms with E-state index in [0.29, 0.717) is 5.56 Å². The average molecular weight is 358 g/mol. The fourth-order valence-corrected chi connectivity index (χ4v) is 4.23. The molecule has 1 saturated heterocycles. The standard InChI is InChI=1S/C20H27N3OS/c1-2-17-7-3-4-12-23(17)13-6-10-22-20(24)16-9-11-21-18(15-16)19-8-5-14-25-19/h5,8-9,11,14-15,17H,2-4,6-7,10,12-13H2,1H3,(H,22,24)/t17-/m1/s1. The van der Waals surface area contributed by atoms with Gasteiger partial charge in [0.2, 0.25) is 0 Å². The number of amides is 1. The summed E-state index contributed by atoms with van der Waals surface area (Å²) in [6.45, 7) is 5.29. The van der Waals surface area contributed by atoms with Gasteiger partial charge in [-0.15, -0.1) is 11.3 Å². The predicted molar refractivity (Wildman–Crippen MR) is 104 cm³/mol. The van der Waals surface area contributed by atoms with Crippen LogP contribution in [-0.4, -0.2) is 41.5 Å². The van der Waals surface area contributed by atoms with Gasteiger partial charge in [-0.3, -0.25) is 9.78 Å². The number of carbonyl (C=O) groups excluding carboxylic acids is 1. The van der Waals surface area contributed by atoms with Gasteiger partial charge in [0, 0.05) is 30.9 Å². The molecule has 1 amide bonds. The van der Waals surface area contributed by atoms with Crippen LogP contribution in [0.5, 0.6) is 0 Å². The minimum absolute atomic E-state index is 0.00843. The van der Waals surface area contributed by atoms with E-state index in [1.807, 2.05) is 23.6 Å². The molecule has 0 radical (unpaired) electrons. The van der Waals surface area contributed by atoms with E-state index in [9.17, 15) is 4.79 Å². The van der Waals surface area contributed by atoms with Gasteiger partial charge in [0.05, 0.1) is 10.6 Å². The number of aromatic nitrogens is 1. The Labute approximate surface area is 154 Å². The van der Waals surface area contributed by atoms with Gasteiger partial charge >= 0.3 is 0 Å². The first-order chi connectivity index (χ1) is 12.3. The Morgan fingerprint density at radius 2 is 2.32 bits per heavy atom. The van der Waals surface area contributed by atoms with Crippen molar-refractivity contribution in [3.8, 4) is 10.6 Å². The van der Waals surface area contributed by atoms with Crippen LogP contribution in [0.4, 0.5) is 0 Å². The Morgan fingerprint density at radius 1 is 1.40 bits per heavy atom. The molecule has 1 aliphatic heterocycles. The quantitative estimate of drug-likeness (QED) is 0.756. The number of thiophene rings is 1. The highest BCUT2D eigenvalue weighted by molar-refractivity contribution is 7.13. The first-order valence-corrected chi connectivity index (χ1v) is 10.2. The highest BCUT2D eigenvalue weighted by atomic mass is 32.1. The normalized spacial score (nSPS) is 18.2. The molecule has 0 aromatic carbocycles. The molecule has 0 spiro atoms. The lowest BCUT2D eigenvalue weighted by Crippen LogP contribution is -2.40. The third-order valence-electron chi connectivity index (χ3n) is 4.92. The molecular weight excluding hydrogens is 330 g/mol. The molecule has 2 aromatic rings. The van der Waals surface area contributed by atoms with Crippen LogP contribution in [0.2, 0.25) is 0 Å². The summed E-state index contributed by atoms with van der Waals surface area (Å²) in [7, 11) is 0. The number of nitrogens with zero attached hydrogens (tertiary/aromatic N) is 2. The van der Waals surface area contributed by atoms with Crippen molar-refractivity contribution in [1.29, 1.82) is 0 Å². The van der Waals surface area contributed by atoms with Crippen LogP contribution >= 0.6 is 11.3 Å². The number of hydrogen-bond donors (Lipinski definition) is 1. The molecule has 4 nitrogen and oxygen atoms in total. The zero-order valence-corrected chi connectivity index (χ0v) is 15.7. The van der Waals surface area contributed by atoms with E-state index in [1.54, 1.807) is 23.6 Å². The van der Waals surface area contributed by atoms with E-state index >= 15 is 0 Å². The number of hydrogen-bond acceptors (Lipinski definition) is 4. The number of piperidine rings is 1. The number of likely N-dealkylation sites (tertiary alicyclic amines) is 1. The topological polar surface area (TPSA) is 45.2 Å².